The average molecular weight is 512 g/mol. The molecule has 2 unspecified atom stereocenters. The van der Waals surface area contributed by atoms with Gasteiger partial charge < -0.3 is 14.8 Å². The van der Waals surface area contributed by atoms with Crippen molar-refractivity contribution in [3.8, 4) is 0 Å². The first kappa shape index (κ1) is 22.7. The number of sulfonamides is 1. The molecule has 3 N–H and O–H groups in total. The molecule has 0 fully saturated rings. The zero-order valence-corrected chi connectivity index (χ0v) is 19.8. The number of nitrogens with one attached hydrogen (secondary N) is 2. The Hall–Kier alpha value is -2.44. The molecule has 32 heavy (non-hydrogen) atoms. The summed E-state index contributed by atoms with van der Waals surface area (Å²) in [4.78, 5) is 4.54. The molecule has 0 spiro atoms. The zero-order chi connectivity index (χ0) is 22.9. The lowest BCUT2D eigenvalue weighted by Gasteiger charge is -2.11. The highest BCUT2D eigenvalue weighted by Crippen LogP contribution is 2.30. The predicted molar refractivity (Wildman–Crippen MR) is 126 cm³/mol. The monoisotopic (exact) mass is 511 g/mol. The van der Waals surface area contributed by atoms with Gasteiger partial charge in [0, 0.05) is 21.9 Å². The van der Waals surface area contributed by atoms with Crippen LogP contribution in [0.1, 0.15) is 12.6 Å². The molecule has 12 heteroatoms. The number of fused-ring (bicyclic) bond motifs is 1. The number of thiazole rings is 1. The fraction of sp³-hybridized carbons (Fsp3) is 0.150. The van der Waals surface area contributed by atoms with E-state index in [-0.39, 0.29) is 26.5 Å². The molecular formula is C20H18ClN3O5S3. The summed E-state index contributed by atoms with van der Waals surface area (Å²) in [5.74, 6) is 0.0546. The number of rotatable bonds is 8. The van der Waals surface area contributed by atoms with Gasteiger partial charge in [-0.2, -0.15) is 8.42 Å². The SMILES string of the molecule is CC(O)Nc1nc(CS(=O)c2ccc(Cl)cc2NS(=O)(=O)c2cc3ccccc3o2)cs1. The molecule has 0 radical (unpaired) electrons. The summed E-state index contributed by atoms with van der Waals surface area (Å²) in [6, 6.07) is 12.8. The highest BCUT2D eigenvalue weighted by molar-refractivity contribution is 7.92. The van der Waals surface area contributed by atoms with Gasteiger partial charge in [-0.05, 0) is 31.2 Å². The molecule has 0 bridgehead atoms. The van der Waals surface area contributed by atoms with Crippen LogP contribution in [0.3, 0.4) is 0 Å². The van der Waals surface area contributed by atoms with E-state index in [0.29, 0.717) is 21.8 Å². The highest BCUT2D eigenvalue weighted by Gasteiger charge is 2.23. The van der Waals surface area contributed by atoms with Crippen molar-refractivity contribution in [2.45, 2.75) is 28.9 Å². The number of hydrogen-bond donors (Lipinski definition) is 3. The predicted octanol–water partition coefficient (Wildman–Crippen LogP) is 4.40. The van der Waals surface area contributed by atoms with Gasteiger partial charge in [-0.3, -0.25) is 8.93 Å². The number of anilines is 2. The second-order valence-electron chi connectivity index (χ2n) is 6.80. The zero-order valence-electron chi connectivity index (χ0n) is 16.6. The first-order valence-electron chi connectivity index (χ1n) is 9.29. The van der Waals surface area contributed by atoms with Crippen LogP contribution in [0, 0.1) is 0 Å². The molecular weight excluding hydrogens is 494 g/mol. The number of halogens is 1. The van der Waals surface area contributed by atoms with Crippen molar-refractivity contribution in [3.05, 3.63) is 64.6 Å². The average Bonchev–Trinajstić information content (AvgIpc) is 3.34. The van der Waals surface area contributed by atoms with E-state index in [0.717, 1.165) is 0 Å². The molecule has 0 aliphatic heterocycles. The summed E-state index contributed by atoms with van der Waals surface area (Å²) in [6.45, 7) is 1.56. The van der Waals surface area contributed by atoms with Crippen LogP contribution >= 0.6 is 22.9 Å². The molecule has 0 aliphatic rings. The normalized spacial score (nSPS) is 13.7. The minimum absolute atomic E-state index is 0.0546. The van der Waals surface area contributed by atoms with E-state index in [1.807, 2.05) is 0 Å². The van der Waals surface area contributed by atoms with Crippen LogP contribution in [0.2, 0.25) is 5.02 Å². The van der Waals surface area contributed by atoms with Crippen LogP contribution in [0.4, 0.5) is 10.8 Å². The van der Waals surface area contributed by atoms with E-state index in [9.17, 15) is 17.7 Å². The maximum atomic E-state index is 13.0. The minimum atomic E-state index is -4.09. The van der Waals surface area contributed by atoms with Gasteiger partial charge in [0.25, 0.3) is 10.0 Å². The molecule has 2 aromatic carbocycles. The summed E-state index contributed by atoms with van der Waals surface area (Å²) in [5.41, 5.74) is 1.07. The second-order valence-corrected chi connectivity index (χ2v) is 11.1. The fourth-order valence-corrected chi connectivity index (χ4v) is 6.22. The maximum Gasteiger partial charge on any atom is 0.295 e. The molecule has 2 heterocycles. The molecule has 2 aromatic heterocycles. The van der Waals surface area contributed by atoms with Gasteiger partial charge in [0.15, 0.2) is 5.13 Å². The van der Waals surface area contributed by atoms with Crippen LogP contribution in [0.5, 0.6) is 0 Å². The van der Waals surface area contributed by atoms with Crippen molar-refractivity contribution in [2.24, 2.45) is 0 Å². The summed E-state index contributed by atoms with van der Waals surface area (Å²) in [5, 5.41) is 15.0. The first-order valence-corrected chi connectivity index (χ1v) is 13.4. The van der Waals surface area contributed by atoms with Crippen molar-refractivity contribution in [2.75, 3.05) is 10.0 Å². The van der Waals surface area contributed by atoms with Gasteiger partial charge in [-0.1, -0.05) is 29.8 Å². The van der Waals surface area contributed by atoms with E-state index in [1.54, 1.807) is 36.6 Å². The van der Waals surface area contributed by atoms with Gasteiger partial charge in [0.2, 0.25) is 5.09 Å². The van der Waals surface area contributed by atoms with Crippen molar-refractivity contribution >= 4 is 65.5 Å². The number of benzene rings is 2. The molecule has 168 valence electrons. The molecule has 4 rings (SSSR count). The van der Waals surface area contributed by atoms with Crippen LogP contribution in [-0.4, -0.2) is 28.9 Å². The van der Waals surface area contributed by atoms with Crippen molar-refractivity contribution in [1.82, 2.24) is 4.98 Å². The van der Waals surface area contributed by atoms with E-state index in [2.05, 4.69) is 15.0 Å². The Bertz CT molecular complexity index is 1370. The maximum absolute atomic E-state index is 13.0. The Kier molecular flexibility index (Phi) is 6.54. The van der Waals surface area contributed by atoms with Crippen molar-refractivity contribution in [1.29, 1.82) is 0 Å². The summed E-state index contributed by atoms with van der Waals surface area (Å²) >= 11 is 7.34. The molecule has 0 amide bonds. The lowest BCUT2D eigenvalue weighted by molar-refractivity contribution is 0.224. The summed E-state index contributed by atoms with van der Waals surface area (Å²) < 4.78 is 46.8. The Morgan fingerprint density at radius 1 is 1.25 bits per heavy atom. The molecule has 0 saturated heterocycles. The third-order valence-corrected chi connectivity index (χ3v) is 7.94. The largest absolute Gasteiger partial charge is 0.443 e. The second kappa shape index (κ2) is 9.20. The third-order valence-electron chi connectivity index (χ3n) is 4.26. The van der Waals surface area contributed by atoms with Gasteiger partial charge in [0.05, 0.1) is 32.8 Å². The van der Waals surface area contributed by atoms with E-state index >= 15 is 0 Å². The van der Waals surface area contributed by atoms with Crippen molar-refractivity contribution < 1.29 is 22.2 Å². The molecule has 0 saturated carbocycles. The van der Waals surface area contributed by atoms with E-state index in [1.165, 1.54) is 35.6 Å². The molecule has 8 nitrogen and oxygen atoms in total. The number of hydrogen-bond acceptors (Lipinski definition) is 8. The summed E-state index contributed by atoms with van der Waals surface area (Å²) in [6.07, 6.45) is -0.768. The highest BCUT2D eigenvalue weighted by atomic mass is 35.5. The number of para-hydroxylation sites is 1. The lowest BCUT2D eigenvalue weighted by atomic mass is 10.3. The minimum Gasteiger partial charge on any atom is -0.443 e. The topological polar surface area (TPSA) is 122 Å². The van der Waals surface area contributed by atoms with Crippen LogP contribution in [0.25, 0.3) is 11.0 Å². The van der Waals surface area contributed by atoms with Gasteiger partial charge in [-0.25, -0.2) is 4.98 Å². The van der Waals surface area contributed by atoms with E-state index in [4.69, 9.17) is 16.0 Å². The van der Waals surface area contributed by atoms with E-state index < -0.39 is 27.1 Å². The number of nitrogens with zero attached hydrogens (tertiary/aromatic N) is 1. The van der Waals surface area contributed by atoms with Gasteiger partial charge >= 0.3 is 0 Å². The molecule has 2 atom stereocenters. The Labute approximate surface area is 195 Å². The fourth-order valence-electron chi connectivity index (χ4n) is 2.90. The number of aliphatic hydroxyl groups excluding tert-OH is 1. The van der Waals surface area contributed by atoms with Crippen LogP contribution in [-0.2, 0) is 26.6 Å². The Morgan fingerprint density at radius 2 is 2.03 bits per heavy atom. The number of aromatic nitrogens is 1. The molecule has 0 aliphatic carbocycles. The van der Waals surface area contributed by atoms with Gasteiger partial charge in [0.1, 0.15) is 11.8 Å². The summed E-state index contributed by atoms with van der Waals surface area (Å²) in [7, 11) is -5.71. The molecule has 4 aromatic rings. The quantitative estimate of drug-likeness (QED) is 0.300. The Morgan fingerprint density at radius 3 is 2.78 bits per heavy atom. The number of furan rings is 1. The van der Waals surface area contributed by atoms with Crippen LogP contribution < -0.4 is 10.0 Å². The van der Waals surface area contributed by atoms with Crippen molar-refractivity contribution in [3.63, 3.8) is 0 Å². The lowest BCUT2D eigenvalue weighted by Crippen LogP contribution is -2.14. The third kappa shape index (κ3) is 5.13. The standard InChI is InChI=1S/C20H18ClN3O5S3/c1-12(25)22-20-23-15(10-30-20)11-31(26)18-7-6-14(21)9-16(18)24-32(27,28)19-8-13-4-2-3-5-17(13)29-19/h2-10,12,24-25H,11H2,1H3,(H,22,23). The van der Waals surface area contributed by atoms with Crippen LogP contribution in [0.15, 0.2) is 68.3 Å². The van der Waals surface area contributed by atoms with Gasteiger partial charge in [-0.15, -0.1) is 11.3 Å². The Balaban J connectivity index is 1.60. The number of aliphatic hydroxyl groups is 1. The first-order chi connectivity index (χ1) is 15.2. The smallest absolute Gasteiger partial charge is 0.295 e.